The second-order valence-electron chi connectivity index (χ2n) is 6.23. The smallest absolute Gasteiger partial charge is 0.266 e. The molecule has 1 aromatic carbocycles. The first-order chi connectivity index (χ1) is 12.9. The molecule has 7 nitrogen and oxygen atoms in total. The van der Waals surface area contributed by atoms with Crippen molar-refractivity contribution in [2.45, 2.75) is 36.6 Å². The van der Waals surface area contributed by atoms with Crippen LogP contribution in [0.5, 0.6) is 0 Å². The zero-order valence-corrected chi connectivity index (χ0v) is 16.7. The molecule has 0 saturated carbocycles. The third-order valence-corrected chi connectivity index (χ3v) is 6.84. The van der Waals surface area contributed by atoms with Gasteiger partial charge in [-0.05, 0) is 31.4 Å². The van der Waals surface area contributed by atoms with Crippen molar-refractivity contribution in [1.29, 1.82) is 0 Å². The number of piperidine rings is 1. The van der Waals surface area contributed by atoms with Gasteiger partial charge < -0.3 is 10.5 Å². The first-order valence-electron chi connectivity index (χ1n) is 8.47. The molecular weight excluding hydrogens is 415 g/mol. The molecule has 3 rings (SSSR count). The molecule has 0 bridgehead atoms. The molecule has 1 aromatic heterocycles. The molecule has 1 aliphatic heterocycles. The van der Waals surface area contributed by atoms with Gasteiger partial charge in [0.25, 0.3) is 10.0 Å². The van der Waals surface area contributed by atoms with Gasteiger partial charge >= 0.3 is 0 Å². The minimum absolute atomic E-state index is 0.0528. The highest BCUT2D eigenvalue weighted by Crippen LogP contribution is 2.30. The molecule has 1 unspecified atom stereocenters. The number of anilines is 2. The van der Waals surface area contributed by atoms with E-state index in [2.05, 4.69) is 15.0 Å². The maximum Gasteiger partial charge on any atom is 0.266 e. The standard InChI is InChI=1S/C16H20ClFN4O3S2/c17-12-9-15(27(24,25)21-16-20-6-8-26-16)13(18)10-14(12)19-5-4-11-3-1-2-7-22(11)23/h6,8-11,19,23H,1-5,7H2,(H,20,21). The molecule has 11 heteroatoms. The Morgan fingerprint density at radius 3 is 2.93 bits per heavy atom. The maximum atomic E-state index is 14.4. The Morgan fingerprint density at radius 2 is 2.22 bits per heavy atom. The molecule has 1 aliphatic rings. The van der Waals surface area contributed by atoms with E-state index in [-0.39, 0.29) is 16.2 Å². The summed E-state index contributed by atoms with van der Waals surface area (Å²) in [6.45, 7) is 1.13. The molecule has 3 N–H and O–H groups in total. The van der Waals surface area contributed by atoms with Gasteiger partial charge in [-0.1, -0.05) is 18.0 Å². The fourth-order valence-corrected chi connectivity index (χ4v) is 5.14. The van der Waals surface area contributed by atoms with E-state index >= 15 is 0 Å². The number of thiazole rings is 1. The molecule has 27 heavy (non-hydrogen) atoms. The third kappa shape index (κ3) is 5.08. The first-order valence-corrected chi connectivity index (χ1v) is 11.2. The van der Waals surface area contributed by atoms with Crippen molar-refractivity contribution in [2.75, 3.05) is 23.1 Å². The number of rotatable bonds is 7. The molecule has 1 fully saturated rings. The summed E-state index contributed by atoms with van der Waals surface area (Å²) >= 11 is 7.23. The van der Waals surface area contributed by atoms with Crippen LogP contribution in [0.15, 0.2) is 28.6 Å². The fraction of sp³-hybridized carbons (Fsp3) is 0.438. The lowest BCUT2D eigenvalue weighted by atomic mass is 10.0. The molecule has 2 aromatic rings. The summed E-state index contributed by atoms with van der Waals surface area (Å²) in [7, 11) is -4.13. The van der Waals surface area contributed by atoms with Gasteiger partial charge in [0.2, 0.25) is 0 Å². The van der Waals surface area contributed by atoms with Crippen LogP contribution in [0, 0.1) is 5.82 Å². The van der Waals surface area contributed by atoms with E-state index in [1.807, 2.05) is 0 Å². The van der Waals surface area contributed by atoms with Gasteiger partial charge in [0.15, 0.2) is 5.13 Å². The Bertz CT molecular complexity index is 880. The van der Waals surface area contributed by atoms with Crippen molar-refractivity contribution >= 4 is 43.8 Å². The minimum Gasteiger partial charge on any atom is -0.384 e. The van der Waals surface area contributed by atoms with Crippen molar-refractivity contribution in [1.82, 2.24) is 10.0 Å². The highest BCUT2D eigenvalue weighted by atomic mass is 35.5. The second kappa shape index (κ2) is 8.70. The summed E-state index contributed by atoms with van der Waals surface area (Å²) in [4.78, 5) is 3.28. The first kappa shape index (κ1) is 20.3. The van der Waals surface area contributed by atoms with Crippen molar-refractivity contribution in [3.8, 4) is 0 Å². The van der Waals surface area contributed by atoms with E-state index in [9.17, 15) is 18.0 Å². The number of sulfonamides is 1. The highest BCUT2D eigenvalue weighted by molar-refractivity contribution is 7.93. The van der Waals surface area contributed by atoms with E-state index in [0.29, 0.717) is 25.2 Å². The van der Waals surface area contributed by atoms with Crippen LogP contribution in [0.25, 0.3) is 0 Å². The number of benzene rings is 1. The van der Waals surface area contributed by atoms with Gasteiger partial charge in [-0.15, -0.1) is 11.3 Å². The molecule has 0 spiro atoms. The van der Waals surface area contributed by atoms with Crippen molar-refractivity contribution in [3.05, 3.63) is 34.5 Å². The van der Waals surface area contributed by atoms with Gasteiger partial charge in [-0.2, -0.15) is 5.06 Å². The summed E-state index contributed by atoms with van der Waals surface area (Å²) < 4.78 is 41.3. The average Bonchev–Trinajstić information content (AvgIpc) is 3.11. The number of aromatic nitrogens is 1. The number of nitrogens with zero attached hydrogens (tertiary/aromatic N) is 2. The van der Waals surface area contributed by atoms with Gasteiger partial charge in [-0.3, -0.25) is 4.72 Å². The normalized spacial score (nSPS) is 18.4. The van der Waals surface area contributed by atoms with Gasteiger partial charge in [0.1, 0.15) is 10.7 Å². The van der Waals surface area contributed by atoms with Crippen LogP contribution in [-0.2, 0) is 10.0 Å². The highest BCUT2D eigenvalue weighted by Gasteiger charge is 2.23. The Labute approximate surface area is 166 Å². The summed E-state index contributed by atoms with van der Waals surface area (Å²) in [6.07, 6.45) is 5.05. The predicted molar refractivity (Wildman–Crippen MR) is 104 cm³/mol. The Kier molecular flexibility index (Phi) is 6.53. The number of nitrogens with one attached hydrogen (secondary N) is 2. The van der Waals surface area contributed by atoms with Crippen LogP contribution in [-0.4, -0.2) is 42.8 Å². The quantitative estimate of drug-likeness (QED) is 0.613. The molecule has 1 saturated heterocycles. The van der Waals surface area contributed by atoms with Crippen LogP contribution >= 0.6 is 22.9 Å². The minimum atomic E-state index is -4.13. The van der Waals surface area contributed by atoms with Gasteiger partial charge in [-0.25, -0.2) is 17.8 Å². The lowest BCUT2D eigenvalue weighted by Gasteiger charge is -2.30. The van der Waals surface area contributed by atoms with Crippen LogP contribution in [0.2, 0.25) is 5.02 Å². The molecular formula is C16H20ClFN4O3S2. The summed E-state index contributed by atoms with van der Waals surface area (Å²) in [6, 6.07) is 2.20. The largest absolute Gasteiger partial charge is 0.384 e. The van der Waals surface area contributed by atoms with E-state index in [1.165, 1.54) is 11.3 Å². The molecule has 0 aliphatic carbocycles. The Morgan fingerprint density at radius 1 is 1.41 bits per heavy atom. The third-order valence-electron chi connectivity index (χ3n) is 4.35. The van der Waals surface area contributed by atoms with Crippen LogP contribution < -0.4 is 10.0 Å². The lowest BCUT2D eigenvalue weighted by Crippen LogP contribution is -2.37. The summed E-state index contributed by atoms with van der Waals surface area (Å²) in [5.41, 5.74) is 0.308. The summed E-state index contributed by atoms with van der Waals surface area (Å²) in [5, 5.41) is 16.0. The maximum absolute atomic E-state index is 14.4. The topological polar surface area (TPSA) is 94.6 Å². The van der Waals surface area contributed by atoms with Crippen LogP contribution in [0.3, 0.4) is 0 Å². The van der Waals surface area contributed by atoms with Gasteiger partial charge in [0.05, 0.1) is 10.7 Å². The number of halogens is 2. The lowest BCUT2D eigenvalue weighted by molar-refractivity contribution is -0.142. The molecule has 1 atom stereocenters. The summed E-state index contributed by atoms with van der Waals surface area (Å²) in [5.74, 6) is -0.910. The van der Waals surface area contributed by atoms with Crippen LogP contribution in [0.4, 0.5) is 15.2 Å². The van der Waals surface area contributed by atoms with Crippen molar-refractivity contribution in [3.63, 3.8) is 0 Å². The molecule has 2 heterocycles. The van der Waals surface area contributed by atoms with Crippen molar-refractivity contribution < 1.29 is 18.0 Å². The predicted octanol–water partition coefficient (Wildman–Crippen LogP) is 3.78. The van der Waals surface area contributed by atoms with Gasteiger partial charge in [0, 0.05) is 30.7 Å². The van der Waals surface area contributed by atoms with Crippen molar-refractivity contribution in [2.24, 2.45) is 0 Å². The Balaban J connectivity index is 1.67. The van der Waals surface area contributed by atoms with Crippen LogP contribution in [0.1, 0.15) is 25.7 Å². The average molecular weight is 435 g/mol. The van der Waals surface area contributed by atoms with E-state index in [4.69, 9.17) is 11.6 Å². The SMILES string of the molecule is O=S(=O)(Nc1nccs1)c1cc(Cl)c(NCCC2CCCCN2O)cc1F. The zero-order valence-electron chi connectivity index (χ0n) is 14.4. The van der Waals surface area contributed by atoms with E-state index < -0.39 is 20.7 Å². The van der Waals surface area contributed by atoms with E-state index in [0.717, 1.165) is 42.7 Å². The number of hydrogen-bond donors (Lipinski definition) is 3. The zero-order chi connectivity index (χ0) is 19.4. The number of hydroxylamine groups is 2. The Hall–Kier alpha value is -1.46. The second-order valence-corrected chi connectivity index (χ2v) is 9.19. The number of hydrogen-bond acceptors (Lipinski definition) is 7. The fourth-order valence-electron chi connectivity index (χ4n) is 2.97. The molecule has 0 radical (unpaired) electrons. The van der Waals surface area contributed by atoms with E-state index in [1.54, 1.807) is 5.38 Å². The molecule has 0 amide bonds. The monoisotopic (exact) mass is 434 g/mol. The molecule has 148 valence electrons.